The summed E-state index contributed by atoms with van der Waals surface area (Å²) in [5.41, 5.74) is 0.366. The van der Waals surface area contributed by atoms with Crippen LogP contribution in [0.25, 0.3) is 0 Å². The first-order chi connectivity index (χ1) is 16.7. The first-order valence-electron chi connectivity index (χ1n) is 11.8. The molecule has 1 N–H and O–H groups in total. The fourth-order valence-corrected chi connectivity index (χ4v) is 8.10. The normalized spacial score (nSPS) is 22.1. The predicted octanol–water partition coefficient (Wildman–Crippen LogP) is 1.06. The average Bonchev–Trinajstić information content (AvgIpc) is 3.23. The van der Waals surface area contributed by atoms with Crippen molar-refractivity contribution in [3.63, 3.8) is 0 Å². The Hall–Kier alpha value is -2.18. The van der Waals surface area contributed by atoms with Gasteiger partial charge in [-0.05, 0) is 30.7 Å². The lowest BCUT2D eigenvalue weighted by Gasteiger charge is -2.38. The second-order valence-electron chi connectivity index (χ2n) is 9.07. The highest BCUT2D eigenvalue weighted by molar-refractivity contribution is 7.93. The molecule has 2 aliphatic rings. The summed E-state index contributed by atoms with van der Waals surface area (Å²) >= 11 is 0. The summed E-state index contributed by atoms with van der Waals surface area (Å²) in [6.07, 6.45) is -0.257. The molecule has 2 aromatic carbocycles. The second kappa shape index (κ2) is 10.8. The molecule has 0 bridgehead atoms. The number of para-hydroxylation sites is 2. The summed E-state index contributed by atoms with van der Waals surface area (Å²) in [7, 11) is -5.39. The van der Waals surface area contributed by atoms with Crippen LogP contribution >= 0.6 is 0 Å². The SMILES string of the molecule is COc1ccccc1N(C[C@H](O)CN1CCN([C@@H]2CCS(=O)(=O)C2)CC1)S(=O)(=O)c1ccccc1. The highest BCUT2D eigenvalue weighted by Gasteiger charge is 2.34. The number of ether oxygens (including phenoxy) is 1. The van der Waals surface area contributed by atoms with Crippen molar-refractivity contribution >= 4 is 25.5 Å². The van der Waals surface area contributed by atoms with Crippen LogP contribution in [0.3, 0.4) is 0 Å². The zero-order valence-corrected chi connectivity index (χ0v) is 21.5. The van der Waals surface area contributed by atoms with E-state index in [2.05, 4.69) is 9.80 Å². The fraction of sp³-hybridized carbons (Fsp3) is 0.500. The van der Waals surface area contributed by atoms with Crippen LogP contribution in [0.5, 0.6) is 5.75 Å². The minimum atomic E-state index is -3.94. The Labute approximate surface area is 207 Å². The zero-order valence-electron chi connectivity index (χ0n) is 19.9. The fourth-order valence-electron chi connectivity index (χ4n) is 4.80. The van der Waals surface area contributed by atoms with Gasteiger partial charge in [0.15, 0.2) is 9.84 Å². The van der Waals surface area contributed by atoms with Crippen LogP contribution in [-0.2, 0) is 19.9 Å². The molecule has 2 aliphatic heterocycles. The van der Waals surface area contributed by atoms with Crippen LogP contribution in [0, 0.1) is 0 Å². The number of benzene rings is 2. The maximum absolute atomic E-state index is 13.6. The number of sulfonamides is 1. The number of methoxy groups -OCH3 is 1. The van der Waals surface area contributed by atoms with Crippen molar-refractivity contribution in [1.82, 2.24) is 9.80 Å². The Morgan fingerprint density at radius 3 is 2.34 bits per heavy atom. The van der Waals surface area contributed by atoms with E-state index in [1.54, 1.807) is 42.5 Å². The number of hydrogen-bond donors (Lipinski definition) is 1. The molecule has 9 nitrogen and oxygen atoms in total. The lowest BCUT2D eigenvalue weighted by atomic mass is 10.2. The molecule has 0 amide bonds. The molecular weight excluding hydrogens is 490 g/mol. The van der Waals surface area contributed by atoms with Gasteiger partial charge in [0.1, 0.15) is 5.75 Å². The molecule has 2 heterocycles. The van der Waals surface area contributed by atoms with Gasteiger partial charge in [0.25, 0.3) is 10.0 Å². The number of sulfone groups is 1. The van der Waals surface area contributed by atoms with Crippen molar-refractivity contribution in [1.29, 1.82) is 0 Å². The first kappa shape index (κ1) is 25.9. The van der Waals surface area contributed by atoms with E-state index in [-0.39, 0.29) is 29.0 Å². The molecule has 11 heteroatoms. The predicted molar refractivity (Wildman–Crippen MR) is 135 cm³/mol. The lowest BCUT2D eigenvalue weighted by Crippen LogP contribution is -2.53. The summed E-state index contributed by atoms with van der Waals surface area (Å²) in [5.74, 6) is 0.880. The highest BCUT2D eigenvalue weighted by Crippen LogP contribution is 2.32. The Morgan fingerprint density at radius 1 is 1.06 bits per heavy atom. The molecule has 2 saturated heterocycles. The number of anilines is 1. The van der Waals surface area contributed by atoms with Gasteiger partial charge in [-0.15, -0.1) is 0 Å². The molecule has 0 radical (unpaired) electrons. The molecule has 35 heavy (non-hydrogen) atoms. The summed E-state index contributed by atoms with van der Waals surface area (Å²) in [4.78, 5) is 4.45. The summed E-state index contributed by atoms with van der Waals surface area (Å²) < 4.78 is 57.4. The zero-order chi connectivity index (χ0) is 25.1. The number of aliphatic hydroxyl groups is 1. The molecule has 0 unspecified atom stereocenters. The Balaban J connectivity index is 1.45. The van der Waals surface area contributed by atoms with Crippen LogP contribution in [-0.4, -0.2) is 102 Å². The minimum absolute atomic E-state index is 0.0733. The van der Waals surface area contributed by atoms with E-state index >= 15 is 0 Å². The maximum atomic E-state index is 13.6. The highest BCUT2D eigenvalue weighted by atomic mass is 32.2. The van der Waals surface area contributed by atoms with Gasteiger partial charge in [0.2, 0.25) is 0 Å². The average molecular weight is 524 g/mol. The monoisotopic (exact) mass is 523 g/mol. The third-order valence-corrected chi connectivity index (χ3v) is 10.2. The van der Waals surface area contributed by atoms with E-state index < -0.39 is 26.0 Å². The first-order valence-corrected chi connectivity index (χ1v) is 15.0. The van der Waals surface area contributed by atoms with Gasteiger partial charge in [-0.25, -0.2) is 16.8 Å². The van der Waals surface area contributed by atoms with Gasteiger partial charge in [0.05, 0.1) is 41.8 Å². The van der Waals surface area contributed by atoms with Crippen molar-refractivity contribution in [2.75, 3.05) is 62.2 Å². The standard InChI is InChI=1S/C24H33N3O6S2/c1-33-24-10-6-5-9-23(24)27(35(31,32)22-7-3-2-4-8-22)18-21(28)17-25-12-14-26(15-13-25)20-11-16-34(29,30)19-20/h2-10,20-21,28H,11-19H2,1H3/t20-,21-/m1/s1. The van der Waals surface area contributed by atoms with Crippen LogP contribution in [0.4, 0.5) is 5.69 Å². The molecule has 0 saturated carbocycles. The largest absolute Gasteiger partial charge is 0.495 e. The summed E-state index contributed by atoms with van der Waals surface area (Å²) in [6, 6.07) is 15.1. The summed E-state index contributed by atoms with van der Waals surface area (Å²) in [6.45, 7) is 3.02. The number of aliphatic hydroxyl groups excluding tert-OH is 1. The number of nitrogens with zero attached hydrogens (tertiary/aromatic N) is 3. The van der Waals surface area contributed by atoms with E-state index in [9.17, 15) is 21.9 Å². The smallest absolute Gasteiger partial charge is 0.264 e. The third kappa shape index (κ3) is 6.15. The van der Waals surface area contributed by atoms with E-state index in [1.807, 2.05) is 0 Å². The van der Waals surface area contributed by atoms with Crippen molar-refractivity contribution in [2.45, 2.75) is 23.5 Å². The van der Waals surface area contributed by atoms with Gasteiger partial charge in [-0.2, -0.15) is 0 Å². The van der Waals surface area contributed by atoms with Crippen LogP contribution < -0.4 is 9.04 Å². The molecule has 2 atom stereocenters. The Bertz CT molecular complexity index is 1200. The quantitative estimate of drug-likeness (QED) is 0.520. The Kier molecular flexibility index (Phi) is 8.02. The van der Waals surface area contributed by atoms with Crippen LogP contribution in [0.15, 0.2) is 59.5 Å². The van der Waals surface area contributed by atoms with Gasteiger partial charge in [-0.3, -0.25) is 14.1 Å². The molecule has 0 aromatic heterocycles. The van der Waals surface area contributed by atoms with Gasteiger partial charge in [0, 0.05) is 38.8 Å². The molecule has 0 aliphatic carbocycles. The third-order valence-electron chi connectivity index (χ3n) is 6.66. The minimum Gasteiger partial charge on any atom is -0.495 e. The molecule has 192 valence electrons. The lowest BCUT2D eigenvalue weighted by molar-refractivity contribution is 0.0639. The van der Waals surface area contributed by atoms with Crippen molar-refractivity contribution in [3.8, 4) is 5.75 Å². The second-order valence-corrected chi connectivity index (χ2v) is 13.2. The molecule has 2 fully saturated rings. The maximum Gasteiger partial charge on any atom is 0.264 e. The number of piperazine rings is 1. The number of hydrogen-bond acceptors (Lipinski definition) is 8. The number of rotatable bonds is 9. The van der Waals surface area contributed by atoms with Crippen molar-refractivity contribution in [2.24, 2.45) is 0 Å². The molecule has 0 spiro atoms. The topological polar surface area (TPSA) is 107 Å². The van der Waals surface area contributed by atoms with Crippen molar-refractivity contribution in [3.05, 3.63) is 54.6 Å². The molecule has 2 aromatic rings. The van der Waals surface area contributed by atoms with E-state index in [1.165, 1.54) is 23.5 Å². The Morgan fingerprint density at radius 2 is 1.71 bits per heavy atom. The molecule has 4 rings (SSSR count). The van der Waals surface area contributed by atoms with Gasteiger partial charge < -0.3 is 9.84 Å². The van der Waals surface area contributed by atoms with E-state index in [4.69, 9.17) is 4.74 Å². The van der Waals surface area contributed by atoms with Crippen LogP contribution in [0.1, 0.15) is 6.42 Å². The van der Waals surface area contributed by atoms with E-state index in [0.717, 1.165) is 13.1 Å². The van der Waals surface area contributed by atoms with Gasteiger partial charge in [-0.1, -0.05) is 30.3 Å². The molecular formula is C24H33N3O6S2. The van der Waals surface area contributed by atoms with Crippen LogP contribution in [0.2, 0.25) is 0 Å². The summed E-state index contributed by atoms with van der Waals surface area (Å²) in [5, 5.41) is 11.0. The van der Waals surface area contributed by atoms with E-state index in [0.29, 0.717) is 37.5 Å². The van der Waals surface area contributed by atoms with Gasteiger partial charge >= 0.3 is 0 Å². The van der Waals surface area contributed by atoms with Crippen molar-refractivity contribution < 1.29 is 26.7 Å². The number of β-amino-alcohol motifs (C(OH)–C–C–N with tert-alkyl or cyclic N) is 1.